The zero-order valence-corrected chi connectivity index (χ0v) is 14.8. The van der Waals surface area contributed by atoms with E-state index < -0.39 is 47.5 Å². The number of ether oxygens (including phenoxy) is 1. The number of methoxy groups -OCH3 is 1. The number of imide groups is 1. The maximum absolute atomic E-state index is 12.7. The molecule has 3 rings (SSSR count). The van der Waals surface area contributed by atoms with Gasteiger partial charge in [0.05, 0.1) is 17.9 Å². The van der Waals surface area contributed by atoms with Gasteiger partial charge in [-0.2, -0.15) is 0 Å². The monoisotopic (exact) mass is 359 g/mol. The minimum atomic E-state index is -1.18. The topological polar surface area (TPSA) is 110 Å². The number of amides is 4. The third-order valence-corrected chi connectivity index (χ3v) is 5.16. The molecule has 8 nitrogen and oxygen atoms in total. The summed E-state index contributed by atoms with van der Waals surface area (Å²) in [5.41, 5.74) is 7.23. The molecule has 2 saturated heterocycles. The van der Waals surface area contributed by atoms with Crippen molar-refractivity contribution in [1.29, 1.82) is 0 Å². The number of likely N-dealkylation sites (tertiary alicyclic amines) is 2. The molecule has 0 aliphatic carbocycles. The van der Waals surface area contributed by atoms with Crippen molar-refractivity contribution in [2.24, 2.45) is 17.6 Å². The second-order valence-electron chi connectivity index (χ2n) is 6.72. The molecule has 2 aliphatic heterocycles. The third-order valence-electron chi connectivity index (χ3n) is 5.16. The molecule has 2 aliphatic rings. The quantitative estimate of drug-likeness (QED) is 0.736. The van der Waals surface area contributed by atoms with Crippen LogP contribution in [0.2, 0.25) is 0 Å². The lowest BCUT2D eigenvalue weighted by Crippen LogP contribution is -2.51. The van der Waals surface area contributed by atoms with Crippen LogP contribution in [0.25, 0.3) is 0 Å². The van der Waals surface area contributed by atoms with Gasteiger partial charge in [-0.3, -0.25) is 24.1 Å². The summed E-state index contributed by atoms with van der Waals surface area (Å²) in [7, 11) is 2.74. The predicted octanol–water partition coefficient (Wildman–Crippen LogP) is -0.390. The number of hydrogen-bond acceptors (Lipinski definition) is 5. The molecule has 2 heterocycles. The lowest BCUT2D eigenvalue weighted by molar-refractivity contribution is -0.148. The summed E-state index contributed by atoms with van der Waals surface area (Å²) >= 11 is 0. The number of aryl methyl sites for hydroxylation is 1. The van der Waals surface area contributed by atoms with Gasteiger partial charge in [0, 0.05) is 14.2 Å². The molecule has 2 fully saturated rings. The highest BCUT2D eigenvalue weighted by atomic mass is 16.5. The predicted molar refractivity (Wildman–Crippen MR) is 90.4 cm³/mol. The molecule has 4 atom stereocenters. The summed E-state index contributed by atoms with van der Waals surface area (Å²) in [6.07, 6.45) is 0. The van der Waals surface area contributed by atoms with Gasteiger partial charge < -0.3 is 15.4 Å². The number of carbonyl (C=O) groups excluding carboxylic acids is 4. The van der Waals surface area contributed by atoms with Crippen molar-refractivity contribution in [2.45, 2.75) is 19.0 Å². The Morgan fingerprint density at radius 3 is 2.23 bits per heavy atom. The number of hydrogen-bond donors (Lipinski definition) is 1. The molecule has 26 heavy (non-hydrogen) atoms. The van der Waals surface area contributed by atoms with Gasteiger partial charge in [0.25, 0.3) is 0 Å². The Labute approximate surface area is 150 Å². The van der Waals surface area contributed by atoms with Gasteiger partial charge in [0.1, 0.15) is 12.6 Å². The van der Waals surface area contributed by atoms with Crippen molar-refractivity contribution in [2.75, 3.05) is 20.8 Å². The fraction of sp³-hybridized carbons (Fsp3) is 0.444. The Bertz CT molecular complexity index is 776. The first-order valence-electron chi connectivity index (χ1n) is 8.27. The van der Waals surface area contributed by atoms with E-state index in [0.29, 0.717) is 5.56 Å². The van der Waals surface area contributed by atoms with Crippen molar-refractivity contribution in [3.8, 4) is 0 Å². The molecule has 0 aromatic heterocycles. The normalized spacial score (nSPS) is 27.8. The maximum atomic E-state index is 12.7. The van der Waals surface area contributed by atoms with E-state index in [2.05, 4.69) is 0 Å². The first-order chi connectivity index (χ1) is 12.3. The average molecular weight is 359 g/mol. The van der Waals surface area contributed by atoms with Crippen LogP contribution in [0.4, 0.5) is 0 Å². The van der Waals surface area contributed by atoms with Crippen molar-refractivity contribution >= 4 is 23.6 Å². The highest BCUT2D eigenvalue weighted by molar-refractivity contribution is 6.09. The largest absolute Gasteiger partial charge is 0.375 e. The number of nitrogens with two attached hydrogens (primary N) is 1. The van der Waals surface area contributed by atoms with Crippen molar-refractivity contribution < 1.29 is 23.9 Å². The molecular weight excluding hydrogens is 338 g/mol. The Morgan fingerprint density at radius 1 is 1.12 bits per heavy atom. The van der Waals surface area contributed by atoms with Crippen LogP contribution < -0.4 is 5.73 Å². The molecule has 138 valence electrons. The van der Waals surface area contributed by atoms with E-state index in [1.165, 1.54) is 19.1 Å². The van der Waals surface area contributed by atoms with Gasteiger partial charge in [-0.05, 0) is 12.5 Å². The van der Waals surface area contributed by atoms with E-state index in [9.17, 15) is 19.2 Å². The average Bonchev–Trinajstić information content (AvgIpc) is 3.06. The van der Waals surface area contributed by atoms with Gasteiger partial charge in [-0.15, -0.1) is 0 Å². The van der Waals surface area contributed by atoms with E-state index >= 15 is 0 Å². The van der Waals surface area contributed by atoms with E-state index in [1.54, 1.807) is 12.1 Å². The van der Waals surface area contributed by atoms with E-state index in [4.69, 9.17) is 10.5 Å². The van der Waals surface area contributed by atoms with Gasteiger partial charge >= 0.3 is 0 Å². The van der Waals surface area contributed by atoms with Crippen molar-refractivity contribution in [3.63, 3.8) is 0 Å². The number of nitrogens with zero attached hydrogens (tertiary/aromatic N) is 2. The minimum Gasteiger partial charge on any atom is -0.375 e. The molecule has 0 bridgehead atoms. The summed E-state index contributed by atoms with van der Waals surface area (Å²) in [4.78, 5) is 52.5. The van der Waals surface area contributed by atoms with Crippen LogP contribution in [0.3, 0.4) is 0 Å². The molecule has 0 saturated carbocycles. The van der Waals surface area contributed by atoms with Crippen LogP contribution in [-0.2, 0) is 23.9 Å². The van der Waals surface area contributed by atoms with Crippen molar-refractivity contribution in [3.05, 3.63) is 35.4 Å². The fourth-order valence-corrected chi connectivity index (χ4v) is 4.00. The highest BCUT2D eigenvalue weighted by Gasteiger charge is 2.64. The zero-order valence-electron chi connectivity index (χ0n) is 14.8. The number of benzene rings is 1. The van der Waals surface area contributed by atoms with Crippen LogP contribution in [-0.4, -0.2) is 60.2 Å². The second-order valence-corrected chi connectivity index (χ2v) is 6.72. The first kappa shape index (κ1) is 18.1. The van der Waals surface area contributed by atoms with Gasteiger partial charge in [-0.1, -0.05) is 29.8 Å². The summed E-state index contributed by atoms with van der Waals surface area (Å²) in [5.74, 6) is -4.01. The number of primary amides is 1. The molecule has 0 spiro atoms. The fourth-order valence-electron chi connectivity index (χ4n) is 4.00. The van der Waals surface area contributed by atoms with Crippen LogP contribution >= 0.6 is 0 Å². The zero-order chi connectivity index (χ0) is 19.2. The maximum Gasteiger partial charge on any atom is 0.249 e. The molecule has 1 aromatic carbocycles. The lowest BCUT2D eigenvalue weighted by atomic mass is 9.86. The molecule has 4 unspecified atom stereocenters. The first-order valence-corrected chi connectivity index (χ1v) is 8.27. The molecule has 4 amide bonds. The number of carbonyl (C=O) groups is 4. The Hall–Kier alpha value is -2.74. The van der Waals surface area contributed by atoms with Crippen LogP contribution in [0.15, 0.2) is 24.3 Å². The molecule has 2 N–H and O–H groups in total. The van der Waals surface area contributed by atoms with Crippen LogP contribution in [0.1, 0.15) is 17.2 Å². The minimum absolute atomic E-state index is 0.274. The third kappa shape index (κ3) is 2.57. The molecule has 1 aromatic rings. The SMILES string of the molecule is COCC(=O)N1C(C(N)=O)C2C(=O)N(C)C(=O)C2C1c1ccc(C)cc1. The van der Waals surface area contributed by atoms with Crippen molar-refractivity contribution in [1.82, 2.24) is 9.80 Å². The molecule has 8 heteroatoms. The summed E-state index contributed by atoms with van der Waals surface area (Å²) in [6, 6.07) is 5.36. The van der Waals surface area contributed by atoms with Gasteiger partial charge in [0.2, 0.25) is 23.6 Å². The standard InChI is InChI=1S/C18H21N3O5/c1-9-4-6-10(7-5-9)14-12-13(18(25)20(2)17(12)24)15(16(19)23)21(14)11(22)8-26-3/h4-7,12-15H,8H2,1-3H3,(H2,19,23). The Kier molecular flexibility index (Phi) is 4.53. The van der Waals surface area contributed by atoms with E-state index in [0.717, 1.165) is 10.5 Å². The van der Waals surface area contributed by atoms with Crippen LogP contribution in [0, 0.1) is 18.8 Å². The van der Waals surface area contributed by atoms with Gasteiger partial charge in [-0.25, -0.2) is 0 Å². The van der Waals surface area contributed by atoms with Crippen LogP contribution in [0.5, 0.6) is 0 Å². The smallest absolute Gasteiger partial charge is 0.249 e. The second kappa shape index (κ2) is 6.53. The van der Waals surface area contributed by atoms with E-state index in [1.807, 2.05) is 19.1 Å². The highest BCUT2D eigenvalue weighted by Crippen LogP contribution is 2.49. The summed E-state index contributed by atoms with van der Waals surface area (Å²) < 4.78 is 4.92. The van der Waals surface area contributed by atoms with Gasteiger partial charge in [0.15, 0.2) is 0 Å². The lowest BCUT2D eigenvalue weighted by Gasteiger charge is -2.31. The Morgan fingerprint density at radius 2 is 1.69 bits per heavy atom. The van der Waals surface area contributed by atoms with E-state index in [-0.39, 0.29) is 6.61 Å². The number of rotatable bonds is 4. The number of fused-ring (bicyclic) bond motifs is 1. The Balaban J connectivity index is 2.16. The summed E-state index contributed by atoms with van der Waals surface area (Å²) in [6.45, 7) is 1.64. The summed E-state index contributed by atoms with van der Waals surface area (Å²) in [5, 5.41) is 0. The molecular formula is C18H21N3O5. The molecule has 0 radical (unpaired) electrons.